The third kappa shape index (κ3) is 6.66. The van der Waals surface area contributed by atoms with E-state index in [0.29, 0.717) is 4.32 Å². The molecule has 0 aliphatic heterocycles. The quantitative estimate of drug-likeness (QED) is 0.257. The van der Waals surface area contributed by atoms with Gasteiger partial charge in [0.05, 0.1) is 0 Å². The highest BCUT2D eigenvalue weighted by Gasteiger charge is 2.01. The number of hydrogen-bond donors (Lipinski definition) is 3. The van der Waals surface area contributed by atoms with Crippen molar-refractivity contribution in [2.24, 2.45) is 0 Å². The lowest BCUT2D eigenvalue weighted by molar-refractivity contribution is 0.271. The Labute approximate surface area is 82.3 Å². The summed E-state index contributed by atoms with van der Waals surface area (Å²) < 4.78 is 5.47. The van der Waals surface area contributed by atoms with Crippen LogP contribution in [-0.2, 0) is 4.74 Å². The molecule has 0 aromatic heterocycles. The van der Waals surface area contributed by atoms with Crippen molar-refractivity contribution in [1.82, 2.24) is 5.32 Å². The maximum atomic E-state index is 4.91. The zero-order chi connectivity index (χ0) is 8.15. The minimum Gasteiger partial charge on any atom is -0.464 e. The van der Waals surface area contributed by atoms with Gasteiger partial charge in [-0.05, 0) is 12.2 Å². The molecule has 0 saturated carbocycles. The number of nitrogens with one attached hydrogen (secondary N) is 1. The molecular formula is C3H6BNOS4. The van der Waals surface area contributed by atoms with Crippen LogP contribution in [0.4, 0.5) is 0 Å². The summed E-state index contributed by atoms with van der Waals surface area (Å²) in [5.41, 5.74) is 0. The van der Waals surface area contributed by atoms with E-state index in [2.05, 4.69) is 55.0 Å². The van der Waals surface area contributed by atoms with Gasteiger partial charge in [-0.1, -0.05) is 24.8 Å². The van der Waals surface area contributed by atoms with Crippen LogP contribution in [0.15, 0.2) is 0 Å². The summed E-state index contributed by atoms with van der Waals surface area (Å²) in [6, 6.07) is 0. The lowest BCUT2D eigenvalue weighted by Gasteiger charge is -2.13. The first-order chi connectivity index (χ1) is 4.52. The molecule has 0 fully saturated rings. The summed E-state index contributed by atoms with van der Waals surface area (Å²) in [6.07, 6.45) is -0.269. The van der Waals surface area contributed by atoms with Crippen molar-refractivity contribution < 1.29 is 4.74 Å². The molecule has 56 valence electrons. The van der Waals surface area contributed by atoms with E-state index in [4.69, 9.17) is 4.74 Å². The van der Waals surface area contributed by atoms with E-state index in [9.17, 15) is 0 Å². The topological polar surface area (TPSA) is 21.3 Å². The van der Waals surface area contributed by atoms with Gasteiger partial charge in [-0.15, -0.1) is 12.6 Å². The first-order valence-corrected chi connectivity index (χ1v) is 4.12. The van der Waals surface area contributed by atoms with Crippen LogP contribution in [-0.4, -0.2) is 22.7 Å². The smallest absolute Gasteiger partial charge is 0.218 e. The van der Waals surface area contributed by atoms with E-state index in [0.717, 1.165) is 0 Å². The molecule has 0 aliphatic carbocycles. The van der Waals surface area contributed by atoms with Gasteiger partial charge in [0.1, 0.15) is 10.4 Å². The summed E-state index contributed by atoms with van der Waals surface area (Å²) in [6.45, 7) is 0. The molecule has 0 spiro atoms. The first kappa shape index (κ1) is 10.5. The normalized spacial score (nSPS) is 11.8. The second-order valence-corrected chi connectivity index (χ2v) is 3.71. The fourth-order valence-electron chi connectivity index (χ4n) is 0.355. The molecular weight excluding hydrogens is 205 g/mol. The molecule has 0 heterocycles. The fraction of sp³-hybridized carbons (Fsp3) is 0.333. The van der Waals surface area contributed by atoms with Gasteiger partial charge in [0, 0.05) is 0 Å². The SMILES string of the molecule is BC(NC(=S)S)OC(=S)S. The number of hydrogen-bond acceptors (Lipinski definition) is 3. The monoisotopic (exact) mass is 211 g/mol. The van der Waals surface area contributed by atoms with Crippen LogP contribution in [0.1, 0.15) is 0 Å². The van der Waals surface area contributed by atoms with E-state index in [1.165, 1.54) is 0 Å². The highest BCUT2D eigenvalue weighted by Crippen LogP contribution is 1.91. The van der Waals surface area contributed by atoms with E-state index < -0.39 is 0 Å². The maximum absolute atomic E-state index is 4.91. The molecule has 1 atom stereocenters. The second kappa shape index (κ2) is 5.23. The van der Waals surface area contributed by atoms with Gasteiger partial charge in [0.25, 0.3) is 0 Å². The Morgan fingerprint density at radius 3 is 2.30 bits per heavy atom. The number of thiocarbonyl (C=S) groups is 2. The van der Waals surface area contributed by atoms with Crippen LogP contribution < -0.4 is 5.32 Å². The maximum Gasteiger partial charge on any atom is 0.218 e. The highest BCUT2D eigenvalue weighted by molar-refractivity contribution is 8.11. The Hall–Kier alpha value is 0.545. The molecule has 0 radical (unpaired) electrons. The molecule has 0 rings (SSSR count). The van der Waals surface area contributed by atoms with Crippen molar-refractivity contribution in [3.8, 4) is 0 Å². The third-order valence-electron chi connectivity index (χ3n) is 0.604. The van der Waals surface area contributed by atoms with Crippen LogP contribution in [0, 0.1) is 0 Å². The summed E-state index contributed by atoms with van der Waals surface area (Å²) in [5.74, 6) is 0. The summed E-state index contributed by atoms with van der Waals surface area (Å²) >= 11 is 16.8. The minimum atomic E-state index is -0.269. The van der Waals surface area contributed by atoms with E-state index >= 15 is 0 Å². The predicted octanol–water partition coefficient (Wildman–Crippen LogP) is -0.0613. The molecule has 0 amide bonds. The van der Waals surface area contributed by atoms with Gasteiger partial charge < -0.3 is 10.1 Å². The minimum absolute atomic E-state index is 0.185. The molecule has 0 aliphatic rings. The number of thiol groups is 2. The molecule has 0 aromatic carbocycles. The predicted molar refractivity (Wildman–Crippen MR) is 59.7 cm³/mol. The molecule has 0 aromatic rings. The Morgan fingerprint density at radius 1 is 1.50 bits per heavy atom. The van der Waals surface area contributed by atoms with Gasteiger partial charge in [0.15, 0.2) is 7.85 Å². The molecule has 0 saturated heterocycles. The van der Waals surface area contributed by atoms with Crippen molar-refractivity contribution >= 4 is 66.2 Å². The van der Waals surface area contributed by atoms with Crippen molar-refractivity contribution in [3.05, 3.63) is 0 Å². The molecule has 10 heavy (non-hydrogen) atoms. The first-order valence-electron chi connectivity index (χ1n) is 2.41. The van der Waals surface area contributed by atoms with Gasteiger partial charge in [-0.25, -0.2) is 0 Å². The van der Waals surface area contributed by atoms with Gasteiger partial charge in [-0.3, -0.25) is 0 Å². The molecule has 1 N–H and O–H groups in total. The van der Waals surface area contributed by atoms with Crippen LogP contribution >= 0.6 is 49.7 Å². The Balaban J connectivity index is 3.53. The molecule has 2 nitrogen and oxygen atoms in total. The van der Waals surface area contributed by atoms with Crippen molar-refractivity contribution in [2.45, 2.75) is 6.13 Å². The molecule has 7 heteroatoms. The van der Waals surface area contributed by atoms with Gasteiger partial charge in [-0.2, -0.15) is 0 Å². The summed E-state index contributed by atoms with van der Waals surface area (Å²) in [7, 11) is 1.76. The van der Waals surface area contributed by atoms with Crippen molar-refractivity contribution in [3.63, 3.8) is 0 Å². The van der Waals surface area contributed by atoms with Crippen molar-refractivity contribution in [1.29, 1.82) is 0 Å². The van der Waals surface area contributed by atoms with Crippen LogP contribution in [0.5, 0.6) is 0 Å². The molecule has 0 bridgehead atoms. The van der Waals surface area contributed by atoms with E-state index in [1.54, 1.807) is 7.85 Å². The lowest BCUT2D eigenvalue weighted by Crippen LogP contribution is -2.34. The standard InChI is InChI=1S/C3H6BNOS4/c4-1(5-2(7)8)6-3(9)10/h1H,4H2,(H,9,10)(H2,5,7,8). The lowest BCUT2D eigenvalue weighted by atomic mass is 10.1. The number of ether oxygens (including phenoxy) is 1. The zero-order valence-electron chi connectivity index (χ0n) is 5.20. The largest absolute Gasteiger partial charge is 0.464 e. The highest BCUT2D eigenvalue weighted by atomic mass is 32.1. The van der Waals surface area contributed by atoms with E-state index in [-0.39, 0.29) is 10.5 Å². The van der Waals surface area contributed by atoms with Crippen LogP contribution in [0.25, 0.3) is 0 Å². The van der Waals surface area contributed by atoms with Crippen LogP contribution in [0.2, 0.25) is 0 Å². The fourth-order valence-corrected chi connectivity index (χ4v) is 1.00. The van der Waals surface area contributed by atoms with E-state index in [1.807, 2.05) is 0 Å². The Bertz CT molecular complexity index is 135. The zero-order valence-corrected chi connectivity index (χ0v) is 8.62. The summed E-state index contributed by atoms with van der Waals surface area (Å²) in [5, 5.41) is 2.71. The Morgan fingerprint density at radius 2 is 2.00 bits per heavy atom. The third-order valence-corrected chi connectivity index (χ3v) is 1.05. The van der Waals surface area contributed by atoms with Crippen molar-refractivity contribution in [2.75, 3.05) is 0 Å². The second-order valence-electron chi connectivity index (χ2n) is 1.48. The summed E-state index contributed by atoms with van der Waals surface area (Å²) in [4.78, 5) is 0. The van der Waals surface area contributed by atoms with Gasteiger partial charge in [0.2, 0.25) is 4.38 Å². The molecule has 1 unspecified atom stereocenters. The average molecular weight is 211 g/mol. The average Bonchev–Trinajstić information content (AvgIpc) is 1.58. The number of rotatable bonds is 2. The Kier molecular flexibility index (Phi) is 5.51. The van der Waals surface area contributed by atoms with Gasteiger partial charge >= 0.3 is 0 Å². The van der Waals surface area contributed by atoms with Crippen LogP contribution in [0.3, 0.4) is 0 Å².